The van der Waals surface area contributed by atoms with Crippen molar-refractivity contribution in [2.45, 2.75) is 18.6 Å². The Morgan fingerprint density at radius 1 is 1.00 bits per heavy atom. The Morgan fingerprint density at radius 2 is 1.70 bits per heavy atom. The number of carbonyl (C=O) groups excluding carboxylic acids is 1. The van der Waals surface area contributed by atoms with Crippen molar-refractivity contribution in [2.75, 3.05) is 7.11 Å². The predicted molar refractivity (Wildman–Crippen MR) is 125 cm³/mol. The predicted octanol–water partition coefficient (Wildman–Crippen LogP) is 6.28. The van der Waals surface area contributed by atoms with E-state index in [1.54, 1.807) is 12.1 Å². The topological polar surface area (TPSA) is 41.9 Å². The van der Waals surface area contributed by atoms with Crippen molar-refractivity contribution in [3.05, 3.63) is 104 Å². The molecule has 0 fully saturated rings. The Labute approximate surface area is 192 Å². The molecule has 0 saturated carbocycles. The third-order valence-corrected chi connectivity index (χ3v) is 6.08. The number of halogens is 2. The molecule has 0 N–H and O–H groups in total. The summed E-state index contributed by atoms with van der Waals surface area (Å²) in [5.41, 5.74) is 3.70. The van der Waals surface area contributed by atoms with E-state index in [1.165, 1.54) is 0 Å². The van der Waals surface area contributed by atoms with Crippen LogP contribution in [0.5, 0.6) is 0 Å². The van der Waals surface area contributed by atoms with Gasteiger partial charge in [-0.2, -0.15) is 5.10 Å². The molecule has 1 amide bonds. The smallest absolute Gasteiger partial charge is 0.276 e. The first-order valence-corrected chi connectivity index (χ1v) is 11.1. The number of benzene rings is 3. The largest absolute Gasteiger partial charge is 0.367 e. The van der Waals surface area contributed by atoms with Crippen LogP contribution >= 0.6 is 31.9 Å². The summed E-state index contributed by atoms with van der Waals surface area (Å²) in [7, 11) is 1.55. The second-order valence-electron chi connectivity index (χ2n) is 7.04. The van der Waals surface area contributed by atoms with E-state index in [2.05, 4.69) is 31.9 Å². The molecular formula is C24H20Br2N2O2. The molecule has 4 nitrogen and oxygen atoms in total. The van der Waals surface area contributed by atoms with Crippen LogP contribution in [0.2, 0.25) is 0 Å². The fourth-order valence-electron chi connectivity index (χ4n) is 3.66. The molecule has 3 aromatic carbocycles. The van der Waals surface area contributed by atoms with Gasteiger partial charge in [0.15, 0.2) is 6.10 Å². The molecule has 3 aromatic rings. The van der Waals surface area contributed by atoms with Gasteiger partial charge < -0.3 is 4.74 Å². The molecule has 1 aliphatic heterocycles. The lowest BCUT2D eigenvalue weighted by Crippen LogP contribution is -2.32. The number of methoxy groups -OCH3 is 1. The van der Waals surface area contributed by atoms with Gasteiger partial charge in [0.25, 0.3) is 5.91 Å². The van der Waals surface area contributed by atoms with Gasteiger partial charge in [0.2, 0.25) is 0 Å². The van der Waals surface area contributed by atoms with Crippen molar-refractivity contribution in [3.63, 3.8) is 0 Å². The first-order chi connectivity index (χ1) is 14.6. The van der Waals surface area contributed by atoms with Crippen LogP contribution in [0.15, 0.2) is 92.9 Å². The number of rotatable bonds is 5. The SMILES string of the molecule is COC(C(=O)N1N=C(c2cccc(Br)c2)CC1c1cccc(Br)c1)c1ccccc1. The molecule has 6 heteroatoms. The average Bonchev–Trinajstić information content (AvgIpc) is 3.21. The van der Waals surface area contributed by atoms with Gasteiger partial charge in [0.1, 0.15) is 0 Å². The molecule has 0 aromatic heterocycles. The van der Waals surface area contributed by atoms with Crippen LogP contribution in [-0.4, -0.2) is 23.7 Å². The number of ether oxygens (including phenoxy) is 1. The molecule has 2 atom stereocenters. The number of hydrogen-bond acceptors (Lipinski definition) is 3. The van der Waals surface area contributed by atoms with Crippen LogP contribution in [0, 0.1) is 0 Å². The normalized spacial score (nSPS) is 17.0. The van der Waals surface area contributed by atoms with Crippen LogP contribution in [0.4, 0.5) is 0 Å². The van der Waals surface area contributed by atoms with E-state index in [0.717, 1.165) is 31.3 Å². The minimum absolute atomic E-state index is 0.182. The van der Waals surface area contributed by atoms with Gasteiger partial charge in [-0.05, 0) is 41.0 Å². The summed E-state index contributed by atoms with van der Waals surface area (Å²) in [4.78, 5) is 13.6. The maximum Gasteiger partial charge on any atom is 0.276 e. The first kappa shape index (κ1) is 21.0. The summed E-state index contributed by atoms with van der Waals surface area (Å²) in [6.07, 6.45) is -0.0874. The van der Waals surface area contributed by atoms with E-state index in [4.69, 9.17) is 9.84 Å². The van der Waals surface area contributed by atoms with Crippen molar-refractivity contribution in [1.82, 2.24) is 5.01 Å². The number of nitrogens with zero attached hydrogens (tertiary/aromatic N) is 2. The second kappa shape index (κ2) is 9.25. The number of hydrogen-bond donors (Lipinski definition) is 0. The molecular weight excluding hydrogens is 508 g/mol. The Balaban J connectivity index is 1.74. The Bertz CT molecular complexity index is 1090. The molecule has 0 spiro atoms. The fourth-order valence-corrected chi connectivity index (χ4v) is 4.47. The molecule has 1 heterocycles. The van der Waals surface area contributed by atoms with Crippen molar-refractivity contribution in [1.29, 1.82) is 0 Å². The molecule has 0 radical (unpaired) electrons. The van der Waals surface area contributed by atoms with Crippen molar-refractivity contribution < 1.29 is 9.53 Å². The summed E-state index contributed by atoms with van der Waals surface area (Å²) >= 11 is 7.07. The average molecular weight is 528 g/mol. The number of amides is 1. The second-order valence-corrected chi connectivity index (χ2v) is 8.87. The number of carbonyl (C=O) groups is 1. The van der Waals surface area contributed by atoms with E-state index in [1.807, 2.05) is 78.9 Å². The zero-order valence-electron chi connectivity index (χ0n) is 16.3. The lowest BCUT2D eigenvalue weighted by atomic mass is 9.98. The van der Waals surface area contributed by atoms with E-state index in [0.29, 0.717) is 6.42 Å². The minimum atomic E-state index is -0.716. The highest BCUT2D eigenvalue weighted by molar-refractivity contribution is 9.10. The minimum Gasteiger partial charge on any atom is -0.367 e. The van der Waals surface area contributed by atoms with Gasteiger partial charge in [-0.25, -0.2) is 5.01 Å². The van der Waals surface area contributed by atoms with Gasteiger partial charge in [0, 0.05) is 22.5 Å². The number of hydrazone groups is 1. The van der Waals surface area contributed by atoms with Crippen LogP contribution in [0.25, 0.3) is 0 Å². The highest BCUT2D eigenvalue weighted by Crippen LogP contribution is 2.36. The Kier molecular flexibility index (Phi) is 6.46. The summed E-state index contributed by atoms with van der Waals surface area (Å²) in [6, 6.07) is 25.3. The summed E-state index contributed by atoms with van der Waals surface area (Å²) in [6.45, 7) is 0. The third kappa shape index (κ3) is 4.41. The lowest BCUT2D eigenvalue weighted by Gasteiger charge is -2.26. The first-order valence-electron chi connectivity index (χ1n) is 9.56. The molecule has 152 valence electrons. The molecule has 1 aliphatic rings. The van der Waals surface area contributed by atoms with E-state index >= 15 is 0 Å². The highest BCUT2D eigenvalue weighted by Gasteiger charge is 2.37. The lowest BCUT2D eigenvalue weighted by molar-refractivity contribution is -0.144. The van der Waals surface area contributed by atoms with Crippen LogP contribution in [0.3, 0.4) is 0 Å². The third-order valence-electron chi connectivity index (χ3n) is 5.09. The monoisotopic (exact) mass is 526 g/mol. The summed E-state index contributed by atoms with van der Waals surface area (Å²) in [5, 5.41) is 6.35. The highest BCUT2D eigenvalue weighted by atomic mass is 79.9. The molecule has 0 aliphatic carbocycles. The molecule has 0 bridgehead atoms. The van der Waals surface area contributed by atoms with E-state index in [-0.39, 0.29) is 11.9 Å². The molecule has 0 saturated heterocycles. The summed E-state index contributed by atoms with van der Waals surface area (Å²) < 4.78 is 7.55. The molecule has 2 unspecified atom stereocenters. The van der Waals surface area contributed by atoms with Crippen molar-refractivity contribution in [3.8, 4) is 0 Å². The van der Waals surface area contributed by atoms with Crippen LogP contribution in [-0.2, 0) is 9.53 Å². The van der Waals surface area contributed by atoms with Gasteiger partial charge in [-0.15, -0.1) is 0 Å². The quantitative estimate of drug-likeness (QED) is 0.392. The zero-order chi connectivity index (χ0) is 21.1. The van der Waals surface area contributed by atoms with Gasteiger partial charge >= 0.3 is 0 Å². The van der Waals surface area contributed by atoms with Crippen molar-refractivity contribution >= 4 is 43.5 Å². The Hall–Kier alpha value is -2.28. The van der Waals surface area contributed by atoms with Crippen molar-refractivity contribution in [2.24, 2.45) is 5.10 Å². The van der Waals surface area contributed by atoms with Crippen LogP contribution in [0.1, 0.15) is 35.3 Å². The summed E-state index contributed by atoms with van der Waals surface area (Å²) in [5.74, 6) is -0.182. The maximum atomic E-state index is 13.6. The maximum absolute atomic E-state index is 13.6. The van der Waals surface area contributed by atoms with Crippen LogP contribution < -0.4 is 0 Å². The fraction of sp³-hybridized carbons (Fsp3) is 0.167. The van der Waals surface area contributed by atoms with Gasteiger partial charge in [-0.1, -0.05) is 86.5 Å². The van der Waals surface area contributed by atoms with E-state index < -0.39 is 6.10 Å². The molecule has 30 heavy (non-hydrogen) atoms. The standard InChI is InChI=1S/C24H20Br2N2O2/c1-30-23(16-7-3-2-4-8-16)24(29)28-22(18-10-6-12-20(26)14-18)15-21(27-28)17-9-5-11-19(25)13-17/h2-14,22-23H,15H2,1H3. The van der Waals surface area contributed by atoms with Gasteiger partial charge in [-0.3, -0.25) is 4.79 Å². The zero-order valence-corrected chi connectivity index (χ0v) is 19.5. The van der Waals surface area contributed by atoms with Gasteiger partial charge in [0.05, 0.1) is 11.8 Å². The Morgan fingerprint density at radius 3 is 2.37 bits per heavy atom. The molecule has 4 rings (SSSR count). The van der Waals surface area contributed by atoms with E-state index in [9.17, 15) is 4.79 Å².